The lowest BCUT2D eigenvalue weighted by molar-refractivity contribution is 0.220. The van der Waals surface area contributed by atoms with E-state index < -0.39 is 6.10 Å². The Morgan fingerprint density at radius 2 is 1.84 bits per heavy atom. The molecule has 96 valence electrons. The zero-order valence-corrected chi connectivity index (χ0v) is 10.4. The molecule has 0 bridgehead atoms. The van der Waals surface area contributed by atoms with Gasteiger partial charge in [0.2, 0.25) is 0 Å². The van der Waals surface area contributed by atoms with Crippen LogP contribution in [0.3, 0.4) is 0 Å². The van der Waals surface area contributed by atoms with E-state index in [9.17, 15) is 5.11 Å². The first-order chi connectivity index (χ1) is 9.28. The van der Waals surface area contributed by atoms with E-state index in [1.165, 1.54) is 0 Å². The highest BCUT2D eigenvalue weighted by Crippen LogP contribution is 2.24. The Balaban J connectivity index is 1.94. The van der Waals surface area contributed by atoms with Crippen LogP contribution in [0.4, 0.5) is 0 Å². The van der Waals surface area contributed by atoms with Crippen LogP contribution >= 0.6 is 0 Å². The molecule has 19 heavy (non-hydrogen) atoms. The third kappa shape index (κ3) is 2.23. The summed E-state index contributed by atoms with van der Waals surface area (Å²) in [4.78, 5) is 7.21. The predicted molar refractivity (Wildman–Crippen MR) is 74.5 cm³/mol. The lowest BCUT2D eigenvalue weighted by Gasteiger charge is -2.12. The molecule has 0 aliphatic heterocycles. The molecule has 0 fully saturated rings. The van der Waals surface area contributed by atoms with E-state index in [-0.39, 0.29) is 0 Å². The fourth-order valence-electron chi connectivity index (χ4n) is 2.15. The first-order valence-corrected chi connectivity index (χ1v) is 6.18. The van der Waals surface area contributed by atoms with Crippen LogP contribution in [0.2, 0.25) is 0 Å². The maximum absolute atomic E-state index is 10.4. The number of imidazole rings is 1. The number of nitrogens with two attached hydrogens (primary N) is 1. The van der Waals surface area contributed by atoms with E-state index in [1.54, 1.807) is 6.33 Å². The molecule has 0 radical (unpaired) electrons. The van der Waals surface area contributed by atoms with Crippen LogP contribution in [-0.4, -0.2) is 15.1 Å². The van der Waals surface area contributed by atoms with Gasteiger partial charge in [-0.05, 0) is 28.8 Å². The molecule has 0 aliphatic rings. The third-order valence-corrected chi connectivity index (χ3v) is 3.29. The summed E-state index contributed by atoms with van der Waals surface area (Å²) in [6, 6.07) is 13.4. The summed E-state index contributed by atoms with van der Waals surface area (Å²) in [6.07, 6.45) is 1.01. The zero-order chi connectivity index (χ0) is 13.2. The van der Waals surface area contributed by atoms with E-state index in [0.29, 0.717) is 6.54 Å². The van der Waals surface area contributed by atoms with E-state index in [1.807, 2.05) is 42.5 Å². The zero-order valence-electron chi connectivity index (χ0n) is 10.4. The monoisotopic (exact) mass is 253 g/mol. The summed E-state index contributed by atoms with van der Waals surface area (Å²) in [7, 11) is 0. The number of hydrogen-bond acceptors (Lipinski definition) is 3. The minimum atomic E-state index is -0.639. The van der Waals surface area contributed by atoms with Crippen molar-refractivity contribution in [3.8, 4) is 0 Å². The Bertz CT molecular complexity index is 688. The molecule has 4 heteroatoms. The average Bonchev–Trinajstić information content (AvgIpc) is 2.94. The molecule has 1 aromatic heterocycles. The van der Waals surface area contributed by atoms with Gasteiger partial charge in [-0.15, -0.1) is 0 Å². The maximum Gasteiger partial charge on any atom is 0.104 e. The Hall–Kier alpha value is -2.17. The lowest BCUT2D eigenvalue weighted by atomic mass is 10.00. The minimum Gasteiger partial charge on any atom is -0.384 e. The first kappa shape index (κ1) is 11.9. The van der Waals surface area contributed by atoms with Gasteiger partial charge < -0.3 is 15.8 Å². The van der Waals surface area contributed by atoms with Crippen molar-refractivity contribution in [3.05, 3.63) is 65.5 Å². The SMILES string of the molecule is NCc1ccc(C(O)c2ccc3nc[nH]c3c2)cc1. The van der Waals surface area contributed by atoms with Gasteiger partial charge in [-0.1, -0.05) is 30.3 Å². The molecule has 0 aliphatic carbocycles. The van der Waals surface area contributed by atoms with E-state index in [2.05, 4.69) is 9.97 Å². The Kier molecular flexibility index (Phi) is 3.03. The van der Waals surface area contributed by atoms with E-state index in [4.69, 9.17) is 5.73 Å². The molecule has 3 rings (SSSR count). The van der Waals surface area contributed by atoms with Gasteiger partial charge in [-0.3, -0.25) is 0 Å². The van der Waals surface area contributed by atoms with Gasteiger partial charge in [-0.25, -0.2) is 4.98 Å². The third-order valence-electron chi connectivity index (χ3n) is 3.29. The normalized spacial score (nSPS) is 12.7. The number of H-pyrrole nitrogens is 1. The second-order valence-electron chi connectivity index (χ2n) is 4.53. The van der Waals surface area contributed by atoms with Gasteiger partial charge in [0.1, 0.15) is 6.10 Å². The van der Waals surface area contributed by atoms with E-state index >= 15 is 0 Å². The average molecular weight is 253 g/mol. The molecular weight excluding hydrogens is 238 g/mol. The number of nitrogens with zero attached hydrogens (tertiary/aromatic N) is 1. The summed E-state index contributed by atoms with van der Waals surface area (Å²) in [5.41, 5.74) is 10.1. The number of aromatic nitrogens is 2. The van der Waals surface area contributed by atoms with Crippen LogP contribution in [0.5, 0.6) is 0 Å². The number of hydrogen-bond donors (Lipinski definition) is 3. The maximum atomic E-state index is 10.4. The van der Waals surface area contributed by atoms with Crippen molar-refractivity contribution in [3.63, 3.8) is 0 Å². The highest BCUT2D eigenvalue weighted by molar-refractivity contribution is 5.75. The molecule has 0 spiro atoms. The summed E-state index contributed by atoms with van der Waals surface area (Å²) in [5.74, 6) is 0. The van der Waals surface area contributed by atoms with Crippen molar-refractivity contribution < 1.29 is 5.11 Å². The van der Waals surface area contributed by atoms with Crippen LogP contribution in [0.1, 0.15) is 22.8 Å². The molecule has 0 saturated carbocycles. The number of aromatic amines is 1. The van der Waals surface area contributed by atoms with Gasteiger partial charge in [0.25, 0.3) is 0 Å². The Labute approximate surface area is 110 Å². The van der Waals surface area contributed by atoms with Gasteiger partial charge in [0, 0.05) is 6.54 Å². The predicted octanol–water partition coefficient (Wildman–Crippen LogP) is 2.10. The molecule has 0 amide bonds. The molecule has 0 saturated heterocycles. The minimum absolute atomic E-state index is 0.510. The second kappa shape index (κ2) is 4.84. The number of benzene rings is 2. The largest absolute Gasteiger partial charge is 0.384 e. The molecule has 4 N–H and O–H groups in total. The van der Waals surface area contributed by atoms with E-state index in [0.717, 1.165) is 27.7 Å². The molecule has 1 unspecified atom stereocenters. The van der Waals surface area contributed by atoms with Crippen LogP contribution in [-0.2, 0) is 6.54 Å². The highest BCUT2D eigenvalue weighted by atomic mass is 16.3. The molecule has 1 atom stereocenters. The number of aliphatic hydroxyl groups is 1. The highest BCUT2D eigenvalue weighted by Gasteiger charge is 2.11. The van der Waals surface area contributed by atoms with Crippen molar-refractivity contribution in [2.24, 2.45) is 5.73 Å². The van der Waals surface area contributed by atoms with Crippen LogP contribution in [0.15, 0.2) is 48.8 Å². The van der Waals surface area contributed by atoms with Crippen molar-refractivity contribution in [2.45, 2.75) is 12.6 Å². The Morgan fingerprint density at radius 1 is 1.11 bits per heavy atom. The topological polar surface area (TPSA) is 74.9 Å². The summed E-state index contributed by atoms with van der Waals surface area (Å²) >= 11 is 0. The molecule has 3 aromatic rings. The summed E-state index contributed by atoms with van der Waals surface area (Å²) < 4.78 is 0. The second-order valence-corrected chi connectivity index (χ2v) is 4.53. The molecule has 4 nitrogen and oxygen atoms in total. The first-order valence-electron chi connectivity index (χ1n) is 6.18. The lowest BCUT2D eigenvalue weighted by Crippen LogP contribution is -2.01. The number of rotatable bonds is 3. The number of nitrogens with one attached hydrogen (secondary N) is 1. The Morgan fingerprint density at radius 3 is 2.58 bits per heavy atom. The summed E-state index contributed by atoms with van der Waals surface area (Å²) in [5, 5.41) is 10.4. The van der Waals surface area contributed by atoms with Gasteiger partial charge in [0.05, 0.1) is 17.4 Å². The van der Waals surface area contributed by atoms with Gasteiger partial charge in [0.15, 0.2) is 0 Å². The van der Waals surface area contributed by atoms with Crippen molar-refractivity contribution in [2.75, 3.05) is 0 Å². The van der Waals surface area contributed by atoms with Gasteiger partial charge >= 0.3 is 0 Å². The molecular formula is C15H15N3O. The van der Waals surface area contributed by atoms with Crippen LogP contribution in [0, 0.1) is 0 Å². The van der Waals surface area contributed by atoms with Crippen molar-refractivity contribution in [1.29, 1.82) is 0 Å². The number of fused-ring (bicyclic) bond motifs is 1. The van der Waals surface area contributed by atoms with Crippen LogP contribution < -0.4 is 5.73 Å². The van der Waals surface area contributed by atoms with Gasteiger partial charge in [-0.2, -0.15) is 0 Å². The van der Waals surface area contributed by atoms with Crippen molar-refractivity contribution >= 4 is 11.0 Å². The molecule has 2 aromatic carbocycles. The fraction of sp³-hybridized carbons (Fsp3) is 0.133. The standard InChI is InChI=1S/C15H15N3O/c16-8-10-1-3-11(4-2-10)15(19)12-5-6-13-14(7-12)18-9-17-13/h1-7,9,15,19H,8,16H2,(H,17,18). The summed E-state index contributed by atoms with van der Waals surface area (Å²) in [6.45, 7) is 0.510. The van der Waals surface area contributed by atoms with Crippen molar-refractivity contribution in [1.82, 2.24) is 9.97 Å². The smallest absolute Gasteiger partial charge is 0.104 e. The molecule has 1 heterocycles. The fourth-order valence-corrected chi connectivity index (χ4v) is 2.15. The van der Waals surface area contributed by atoms with Crippen LogP contribution in [0.25, 0.3) is 11.0 Å². The number of aliphatic hydroxyl groups excluding tert-OH is 1. The quantitative estimate of drug-likeness (QED) is 0.669.